The number of nitroso groups, excluding NO2 is 2. The summed E-state index contributed by atoms with van der Waals surface area (Å²) in [7, 11) is 0. The maximum atomic E-state index is 10.6. The van der Waals surface area contributed by atoms with Gasteiger partial charge in [-0.1, -0.05) is 24.2 Å². The van der Waals surface area contributed by atoms with Crippen molar-refractivity contribution in [3.8, 4) is 0 Å². The van der Waals surface area contributed by atoms with Crippen molar-refractivity contribution in [3.63, 3.8) is 0 Å². The molecular formula is C9H14N2O2. The zero-order chi connectivity index (χ0) is 9.64. The van der Waals surface area contributed by atoms with Crippen LogP contribution < -0.4 is 0 Å². The van der Waals surface area contributed by atoms with E-state index >= 15 is 0 Å². The predicted octanol–water partition coefficient (Wildman–Crippen LogP) is 2.32. The van der Waals surface area contributed by atoms with Crippen LogP contribution in [0.2, 0.25) is 0 Å². The summed E-state index contributed by atoms with van der Waals surface area (Å²) in [6.45, 7) is 4.25. The molecule has 0 aromatic rings. The summed E-state index contributed by atoms with van der Waals surface area (Å²) < 4.78 is 0. The second-order valence-corrected chi connectivity index (χ2v) is 4.80. The highest BCUT2D eigenvalue weighted by atomic mass is 16.3. The molecule has 0 aromatic heterocycles. The molecule has 0 saturated heterocycles. The van der Waals surface area contributed by atoms with Crippen LogP contribution in [0.1, 0.15) is 26.7 Å². The third-order valence-electron chi connectivity index (χ3n) is 4.12. The molecule has 0 aliphatic heterocycles. The van der Waals surface area contributed by atoms with Crippen molar-refractivity contribution in [1.29, 1.82) is 0 Å². The van der Waals surface area contributed by atoms with E-state index in [-0.39, 0.29) is 29.3 Å². The second-order valence-electron chi connectivity index (χ2n) is 4.80. The fraction of sp³-hybridized carbons (Fsp3) is 1.00. The van der Waals surface area contributed by atoms with Gasteiger partial charge in [-0.25, -0.2) is 0 Å². The minimum absolute atomic E-state index is 0.0805. The summed E-state index contributed by atoms with van der Waals surface area (Å²) in [6, 6.07) is -0.711. The van der Waals surface area contributed by atoms with Gasteiger partial charge in [-0.3, -0.25) is 0 Å². The highest BCUT2D eigenvalue weighted by Gasteiger charge is 2.61. The Morgan fingerprint density at radius 1 is 1.00 bits per heavy atom. The Morgan fingerprint density at radius 2 is 1.38 bits per heavy atom. The van der Waals surface area contributed by atoms with E-state index in [1.807, 2.05) is 0 Å². The largest absolute Gasteiger partial charge is 0.150 e. The minimum atomic E-state index is -0.355. The van der Waals surface area contributed by atoms with Gasteiger partial charge in [-0.2, -0.15) is 9.81 Å². The van der Waals surface area contributed by atoms with Crippen LogP contribution in [-0.4, -0.2) is 12.1 Å². The first-order valence-electron chi connectivity index (χ1n) is 4.78. The molecule has 0 spiro atoms. The van der Waals surface area contributed by atoms with Crippen LogP contribution in [-0.2, 0) is 0 Å². The van der Waals surface area contributed by atoms with Crippen LogP contribution in [0, 0.1) is 27.1 Å². The average Bonchev–Trinajstić information content (AvgIpc) is 2.52. The lowest BCUT2D eigenvalue weighted by Crippen LogP contribution is -2.28. The third-order valence-corrected chi connectivity index (χ3v) is 4.12. The van der Waals surface area contributed by atoms with Crippen LogP contribution in [0.3, 0.4) is 0 Å². The predicted molar refractivity (Wildman–Crippen MR) is 49.2 cm³/mol. The SMILES string of the molecule is CC1(C)C2CCC1C(N=O)C2N=O. The first-order chi connectivity index (χ1) is 6.12. The van der Waals surface area contributed by atoms with E-state index in [0.29, 0.717) is 0 Å². The van der Waals surface area contributed by atoms with E-state index in [1.165, 1.54) is 0 Å². The maximum absolute atomic E-state index is 10.6. The topological polar surface area (TPSA) is 58.9 Å². The van der Waals surface area contributed by atoms with Crippen LogP contribution in [0.5, 0.6) is 0 Å². The molecule has 4 heteroatoms. The summed E-state index contributed by atoms with van der Waals surface area (Å²) in [5, 5.41) is 6.15. The quantitative estimate of drug-likeness (QED) is 0.615. The van der Waals surface area contributed by atoms with Gasteiger partial charge in [0.25, 0.3) is 0 Å². The van der Waals surface area contributed by atoms with E-state index in [1.54, 1.807) is 0 Å². The normalized spacial score (nSPS) is 46.3. The van der Waals surface area contributed by atoms with Gasteiger partial charge in [-0.15, -0.1) is 0 Å². The summed E-state index contributed by atoms with van der Waals surface area (Å²) in [5.74, 6) is 0.551. The monoisotopic (exact) mass is 182 g/mol. The molecule has 0 N–H and O–H groups in total. The van der Waals surface area contributed by atoms with Crippen molar-refractivity contribution in [2.75, 3.05) is 0 Å². The van der Waals surface area contributed by atoms with E-state index in [2.05, 4.69) is 24.2 Å². The van der Waals surface area contributed by atoms with Crippen molar-refractivity contribution in [2.24, 2.45) is 27.6 Å². The van der Waals surface area contributed by atoms with Crippen LogP contribution in [0.15, 0.2) is 10.4 Å². The van der Waals surface area contributed by atoms with Gasteiger partial charge in [0.05, 0.1) is 0 Å². The van der Waals surface area contributed by atoms with E-state index in [9.17, 15) is 9.81 Å². The van der Waals surface area contributed by atoms with Crippen molar-refractivity contribution in [1.82, 2.24) is 0 Å². The van der Waals surface area contributed by atoms with Gasteiger partial charge in [0.2, 0.25) is 0 Å². The molecule has 2 aliphatic rings. The number of hydrogen-bond acceptors (Lipinski definition) is 4. The number of rotatable bonds is 2. The molecule has 4 atom stereocenters. The van der Waals surface area contributed by atoms with Gasteiger partial charge in [-0.05, 0) is 30.1 Å². The van der Waals surface area contributed by atoms with Crippen molar-refractivity contribution < 1.29 is 0 Å². The first kappa shape index (κ1) is 8.78. The molecule has 0 aromatic carbocycles. The van der Waals surface area contributed by atoms with Crippen LogP contribution in [0.4, 0.5) is 0 Å². The molecule has 0 heterocycles. The Hall–Kier alpha value is -0.800. The summed E-state index contributed by atoms with van der Waals surface area (Å²) >= 11 is 0. The molecule has 2 fully saturated rings. The fourth-order valence-corrected chi connectivity index (χ4v) is 3.35. The van der Waals surface area contributed by atoms with Crippen LogP contribution in [0.25, 0.3) is 0 Å². The van der Waals surface area contributed by atoms with E-state index in [0.717, 1.165) is 12.8 Å². The Morgan fingerprint density at radius 3 is 1.69 bits per heavy atom. The Balaban J connectivity index is 2.35. The molecule has 4 unspecified atom stereocenters. The van der Waals surface area contributed by atoms with Crippen molar-refractivity contribution in [3.05, 3.63) is 9.81 Å². The zero-order valence-electron chi connectivity index (χ0n) is 7.93. The molecule has 0 amide bonds. The molecular weight excluding hydrogens is 168 g/mol. The minimum Gasteiger partial charge on any atom is -0.150 e. The second kappa shape index (κ2) is 2.59. The summed E-state index contributed by atoms with van der Waals surface area (Å²) in [6.07, 6.45) is 2.06. The molecule has 13 heavy (non-hydrogen) atoms. The number of nitrogens with zero attached hydrogens (tertiary/aromatic N) is 2. The summed E-state index contributed by atoms with van der Waals surface area (Å²) in [5.41, 5.74) is 0.0805. The lowest BCUT2D eigenvalue weighted by Gasteiger charge is -2.23. The lowest BCUT2D eigenvalue weighted by molar-refractivity contribution is 0.250. The van der Waals surface area contributed by atoms with Crippen molar-refractivity contribution in [2.45, 2.75) is 38.8 Å². The Labute approximate surface area is 77.0 Å². The van der Waals surface area contributed by atoms with Crippen LogP contribution >= 0.6 is 0 Å². The lowest BCUT2D eigenvalue weighted by atomic mass is 9.81. The van der Waals surface area contributed by atoms with Gasteiger partial charge in [0, 0.05) is 0 Å². The van der Waals surface area contributed by atoms with E-state index in [4.69, 9.17) is 0 Å². The molecule has 72 valence electrons. The number of fused-ring (bicyclic) bond motifs is 2. The molecule has 2 saturated carbocycles. The average molecular weight is 182 g/mol. The Kier molecular flexibility index (Phi) is 1.75. The fourth-order valence-electron chi connectivity index (χ4n) is 3.35. The highest BCUT2D eigenvalue weighted by Crippen LogP contribution is 2.59. The maximum Gasteiger partial charge on any atom is 0.121 e. The first-order valence-corrected chi connectivity index (χ1v) is 4.78. The zero-order valence-corrected chi connectivity index (χ0v) is 7.93. The smallest absolute Gasteiger partial charge is 0.121 e. The molecule has 2 rings (SSSR count). The van der Waals surface area contributed by atoms with Gasteiger partial charge in [0.1, 0.15) is 12.1 Å². The number of hydrogen-bond donors (Lipinski definition) is 0. The van der Waals surface area contributed by atoms with Gasteiger partial charge >= 0.3 is 0 Å². The molecule has 2 bridgehead atoms. The van der Waals surface area contributed by atoms with Gasteiger partial charge < -0.3 is 0 Å². The molecule has 0 radical (unpaired) electrons. The third kappa shape index (κ3) is 0.914. The highest BCUT2D eigenvalue weighted by molar-refractivity contribution is 5.13. The summed E-state index contributed by atoms with van der Waals surface area (Å²) in [4.78, 5) is 21.2. The Bertz CT molecular complexity index is 228. The van der Waals surface area contributed by atoms with Crippen molar-refractivity contribution >= 4 is 0 Å². The standard InChI is InChI=1S/C9H14N2O2/c1-9(2)5-3-4-6(9)8(11-13)7(5)10-12/h5-8H,3-4H2,1-2H3. The van der Waals surface area contributed by atoms with E-state index < -0.39 is 0 Å². The molecule has 2 aliphatic carbocycles. The molecule has 4 nitrogen and oxygen atoms in total. The van der Waals surface area contributed by atoms with Gasteiger partial charge in [0.15, 0.2) is 0 Å².